The molecule has 0 aliphatic heterocycles. The predicted octanol–water partition coefficient (Wildman–Crippen LogP) is 0.771. The fourth-order valence-corrected chi connectivity index (χ4v) is 1.73. The topological polar surface area (TPSA) is 72.5 Å². The molecule has 0 saturated carbocycles. The molecular formula is C10H13NO4S. The number of carbonyl (C=O) groups excluding carboxylic acids is 1. The second kappa shape index (κ2) is 5.09. The number of benzene rings is 1. The number of sulfone groups is 1. The maximum absolute atomic E-state index is 11.5. The Kier molecular flexibility index (Phi) is 4.03. The molecular weight excluding hydrogens is 230 g/mol. The number of amides is 1. The number of carbonyl (C=O) groups is 1. The van der Waals surface area contributed by atoms with Crippen molar-refractivity contribution >= 4 is 15.7 Å². The van der Waals surface area contributed by atoms with E-state index in [2.05, 4.69) is 5.48 Å². The van der Waals surface area contributed by atoms with Gasteiger partial charge in [-0.25, -0.2) is 13.9 Å². The maximum Gasteiger partial charge on any atom is 0.274 e. The van der Waals surface area contributed by atoms with Gasteiger partial charge in [0.2, 0.25) is 0 Å². The van der Waals surface area contributed by atoms with Crippen molar-refractivity contribution in [3.63, 3.8) is 0 Å². The van der Waals surface area contributed by atoms with Crippen molar-refractivity contribution in [3.8, 4) is 0 Å². The Hall–Kier alpha value is -1.40. The first-order chi connectivity index (χ1) is 7.45. The molecule has 6 heteroatoms. The van der Waals surface area contributed by atoms with E-state index in [1.807, 2.05) is 0 Å². The molecule has 5 nitrogen and oxygen atoms in total. The normalized spacial score (nSPS) is 11.1. The van der Waals surface area contributed by atoms with Gasteiger partial charge in [-0.2, -0.15) is 0 Å². The zero-order valence-electron chi connectivity index (χ0n) is 9.06. The van der Waals surface area contributed by atoms with Gasteiger partial charge in [-0.1, -0.05) is 6.07 Å². The van der Waals surface area contributed by atoms with Gasteiger partial charge in [0.25, 0.3) is 5.91 Å². The molecule has 1 rings (SSSR count). The largest absolute Gasteiger partial charge is 0.274 e. The summed E-state index contributed by atoms with van der Waals surface area (Å²) < 4.78 is 22.5. The molecule has 0 aromatic heterocycles. The Bertz CT molecular complexity index is 481. The first-order valence-electron chi connectivity index (χ1n) is 4.67. The summed E-state index contributed by atoms with van der Waals surface area (Å²) in [6.07, 6.45) is 1.09. The summed E-state index contributed by atoms with van der Waals surface area (Å²) in [7, 11) is -3.30. The van der Waals surface area contributed by atoms with Gasteiger partial charge in [0.05, 0.1) is 11.5 Å². The second-order valence-electron chi connectivity index (χ2n) is 3.16. The van der Waals surface area contributed by atoms with Gasteiger partial charge in [0.1, 0.15) is 0 Å². The molecule has 0 saturated heterocycles. The van der Waals surface area contributed by atoms with E-state index in [-0.39, 0.29) is 10.5 Å². The lowest BCUT2D eigenvalue weighted by Crippen LogP contribution is -2.23. The molecule has 0 bridgehead atoms. The lowest BCUT2D eigenvalue weighted by Gasteiger charge is -2.04. The van der Waals surface area contributed by atoms with Gasteiger partial charge in [-0.05, 0) is 25.1 Å². The van der Waals surface area contributed by atoms with Crippen molar-refractivity contribution in [2.45, 2.75) is 11.8 Å². The van der Waals surface area contributed by atoms with Crippen LogP contribution in [-0.2, 0) is 14.7 Å². The van der Waals surface area contributed by atoms with Gasteiger partial charge in [0, 0.05) is 11.8 Å². The predicted molar refractivity (Wildman–Crippen MR) is 58.6 cm³/mol. The molecule has 0 aliphatic carbocycles. The number of nitrogens with one attached hydrogen (secondary N) is 1. The van der Waals surface area contributed by atoms with Crippen LogP contribution in [0.2, 0.25) is 0 Å². The molecule has 0 aliphatic rings. The van der Waals surface area contributed by atoms with Gasteiger partial charge < -0.3 is 0 Å². The van der Waals surface area contributed by atoms with Crippen LogP contribution < -0.4 is 5.48 Å². The highest BCUT2D eigenvalue weighted by atomic mass is 32.2. The summed E-state index contributed by atoms with van der Waals surface area (Å²) in [5.41, 5.74) is 2.44. The number of hydrogen-bond acceptors (Lipinski definition) is 4. The first kappa shape index (κ1) is 12.7. The van der Waals surface area contributed by atoms with Crippen molar-refractivity contribution in [1.82, 2.24) is 5.48 Å². The molecule has 0 spiro atoms. The standard InChI is InChI=1S/C10H13NO4S/c1-3-15-11-10(12)8-5-4-6-9(7-8)16(2,13)14/h4-7H,3H2,1-2H3,(H,11,12). The lowest BCUT2D eigenvalue weighted by atomic mass is 10.2. The summed E-state index contributed by atoms with van der Waals surface area (Å²) in [6, 6.07) is 5.77. The molecule has 88 valence electrons. The highest BCUT2D eigenvalue weighted by molar-refractivity contribution is 7.90. The molecule has 0 radical (unpaired) electrons. The minimum atomic E-state index is -3.30. The molecule has 1 aromatic rings. The number of rotatable bonds is 4. The molecule has 0 unspecified atom stereocenters. The summed E-state index contributed by atoms with van der Waals surface area (Å²) in [5, 5.41) is 0. The Morgan fingerprint density at radius 1 is 1.44 bits per heavy atom. The Morgan fingerprint density at radius 2 is 2.12 bits per heavy atom. The van der Waals surface area contributed by atoms with E-state index in [4.69, 9.17) is 4.84 Å². The molecule has 0 fully saturated rings. The van der Waals surface area contributed by atoms with Crippen LogP contribution in [0.15, 0.2) is 29.2 Å². The van der Waals surface area contributed by atoms with Gasteiger partial charge in [0.15, 0.2) is 9.84 Å². The maximum atomic E-state index is 11.5. The summed E-state index contributed by atoms with van der Waals surface area (Å²) in [5.74, 6) is -0.465. The van der Waals surface area contributed by atoms with Crippen LogP contribution in [0, 0.1) is 0 Å². The van der Waals surface area contributed by atoms with Crippen LogP contribution in [-0.4, -0.2) is 27.2 Å². The SMILES string of the molecule is CCONC(=O)c1cccc(S(C)(=O)=O)c1. The van der Waals surface area contributed by atoms with Gasteiger partial charge >= 0.3 is 0 Å². The molecule has 1 amide bonds. The summed E-state index contributed by atoms with van der Waals surface area (Å²) in [6.45, 7) is 2.07. The van der Waals surface area contributed by atoms with Gasteiger partial charge in [-0.15, -0.1) is 0 Å². The third kappa shape index (κ3) is 3.32. The summed E-state index contributed by atoms with van der Waals surface area (Å²) in [4.78, 5) is 16.3. The van der Waals surface area contributed by atoms with Crippen LogP contribution >= 0.6 is 0 Å². The van der Waals surface area contributed by atoms with Crippen molar-refractivity contribution in [3.05, 3.63) is 29.8 Å². The van der Waals surface area contributed by atoms with Crippen molar-refractivity contribution in [2.75, 3.05) is 12.9 Å². The van der Waals surface area contributed by atoms with Crippen LogP contribution in [0.1, 0.15) is 17.3 Å². The van der Waals surface area contributed by atoms with Crippen LogP contribution in [0.3, 0.4) is 0 Å². The molecule has 0 heterocycles. The minimum absolute atomic E-state index is 0.108. The van der Waals surface area contributed by atoms with E-state index in [9.17, 15) is 13.2 Å². The van der Waals surface area contributed by atoms with Crippen molar-refractivity contribution in [1.29, 1.82) is 0 Å². The third-order valence-corrected chi connectivity index (χ3v) is 2.94. The fourth-order valence-electron chi connectivity index (χ4n) is 1.06. The van der Waals surface area contributed by atoms with E-state index in [0.717, 1.165) is 6.26 Å². The van der Waals surface area contributed by atoms with Crippen molar-refractivity contribution in [2.24, 2.45) is 0 Å². The minimum Gasteiger partial charge on any atom is -0.274 e. The number of hydroxylamine groups is 1. The Balaban J connectivity index is 2.95. The zero-order valence-corrected chi connectivity index (χ0v) is 9.87. The van der Waals surface area contributed by atoms with E-state index >= 15 is 0 Å². The molecule has 0 atom stereocenters. The lowest BCUT2D eigenvalue weighted by molar-refractivity contribution is 0.0364. The molecule has 1 N–H and O–H groups in total. The fraction of sp³-hybridized carbons (Fsp3) is 0.300. The highest BCUT2D eigenvalue weighted by Crippen LogP contribution is 2.11. The Labute approximate surface area is 94.3 Å². The van der Waals surface area contributed by atoms with Crippen LogP contribution in [0.4, 0.5) is 0 Å². The summed E-state index contributed by atoms with van der Waals surface area (Å²) >= 11 is 0. The highest BCUT2D eigenvalue weighted by Gasteiger charge is 2.11. The van der Waals surface area contributed by atoms with Gasteiger partial charge in [-0.3, -0.25) is 9.63 Å². The smallest absolute Gasteiger partial charge is 0.274 e. The quantitative estimate of drug-likeness (QED) is 0.793. The first-order valence-corrected chi connectivity index (χ1v) is 6.56. The zero-order chi connectivity index (χ0) is 12.2. The average Bonchev–Trinajstić information content (AvgIpc) is 2.25. The van der Waals surface area contributed by atoms with Crippen molar-refractivity contribution < 1.29 is 18.0 Å². The Morgan fingerprint density at radius 3 is 2.69 bits per heavy atom. The third-order valence-electron chi connectivity index (χ3n) is 1.83. The van der Waals surface area contributed by atoms with Crippen LogP contribution in [0.25, 0.3) is 0 Å². The van der Waals surface area contributed by atoms with E-state index in [1.165, 1.54) is 24.3 Å². The van der Waals surface area contributed by atoms with E-state index in [1.54, 1.807) is 6.92 Å². The van der Waals surface area contributed by atoms with Crippen LogP contribution in [0.5, 0.6) is 0 Å². The second-order valence-corrected chi connectivity index (χ2v) is 5.18. The average molecular weight is 243 g/mol. The number of hydrogen-bond donors (Lipinski definition) is 1. The van der Waals surface area contributed by atoms with E-state index in [0.29, 0.717) is 6.61 Å². The van der Waals surface area contributed by atoms with E-state index < -0.39 is 15.7 Å². The monoisotopic (exact) mass is 243 g/mol. The molecule has 1 aromatic carbocycles. The molecule has 16 heavy (non-hydrogen) atoms.